The summed E-state index contributed by atoms with van der Waals surface area (Å²) in [6, 6.07) is -0.715. The zero-order chi connectivity index (χ0) is 13.1. The number of nitrogens with zero attached hydrogens (tertiary/aromatic N) is 4. The second-order valence-corrected chi connectivity index (χ2v) is 5.35. The van der Waals surface area contributed by atoms with E-state index in [0.717, 1.165) is 0 Å². The first-order valence-corrected chi connectivity index (χ1v) is 6.62. The van der Waals surface area contributed by atoms with Crippen LogP contribution in [0, 0.1) is 0 Å². The van der Waals surface area contributed by atoms with E-state index >= 15 is 0 Å². The second-order valence-electron chi connectivity index (χ2n) is 4.00. The van der Waals surface area contributed by atoms with Gasteiger partial charge in [-0.2, -0.15) is 5.10 Å². The molecule has 2 atom stereocenters. The highest BCUT2D eigenvalue weighted by Gasteiger charge is 2.38. The van der Waals surface area contributed by atoms with Crippen molar-refractivity contribution in [1.82, 2.24) is 19.7 Å². The van der Waals surface area contributed by atoms with E-state index in [1.807, 2.05) is 6.92 Å². The summed E-state index contributed by atoms with van der Waals surface area (Å²) >= 11 is 1.48. The Labute approximate surface area is 108 Å². The maximum atomic E-state index is 12.1. The Morgan fingerprint density at radius 1 is 1.56 bits per heavy atom. The smallest absolute Gasteiger partial charge is 0.327 e. The molecule has 1 fully saturated rings. The minimum Gasteiger partial charge on any atom is -0.480 e. The summed E-state index contributed by atoms with van der Waals surface area (Å²) < 4.78 is 1.56. The number of hydrogen-bond donors (Lipinski definition) is 1. The van der Waals surface area contributed by atoms with E-state index < -0.39 is 12.0 Å². The van der Waals surface area contributed by atoms with Crippen LogP contribution in [0.15, 0.2) is 12.7 Å². The predicted octanol–water partition coefficient (Wildman–Crippen LogP) is 0.0428. The molecule has 1 N–H and O–H groups in total. The monoisotopic (exact) mass is 270 g/mol. The van der Waals surface area contributed by atoms with Crippen molar-refractivity contribution in [2.75, 3.05) is 5.75 Å². The molecule has 0 radical (unpaired) electrons. The summed E-state index contributed by atoms with van der Waals surface area (Å²) in [6.45, 7) is 2.26. The fourth-order valence-electron chi connectivity index (χ4n) is 1.90. The molecule has 1 aliphatic rings. The van der Waals surface area contributed by atoms with Gasteiger partial charge in [0.05, 0.1) is 11.9 Å². The van der Waals surface area contributed by atoms with Crippen LogP contribution in [0.3, 0.4) is 0 Å². The summed E-state index contributed by atoms with van der Waals surface area (Å²) in [6.07, 6.45) is 3.17. The molecule has 1 aliphatic heterocycles. The molecule has 0 bridgehead atoms. The first-order valence-electron chi connectivity index (χ1n) is 5.57. The van der Waals surface area contributed by atoms with Crippen molar-refractivity contribution in [3.63, 3.8) is 0 Å². The third kappa shape index (κ3) is 2.63. The van der Waals surface area contributed by atoms with E-state index in [9.17, 15) is 9.59 Å². The van der Waals surface area contributed by atoms with Gasteiger partial charge < -0.3 is 10.0 Å². The molecule has 8 heteroatoms. The lowest BCUT2D eigenvalue weighted by molar-refractivity contribution is -0.149. The molecule has 1 aromatic rings. The third-order valence-corrected chi connectivity index (χ3v) is 4.03. The van der Waals surface area contributed by atoms with Gasteiger partial charge in [-0.05, 0) is 6.92 Å². The van der Waals surface area contributed by atoms with Gasteiger partial charge in [0, 0.05) is 12.2 Å². The van der Waals surface area contributed by atoms with Gasteiger partial charge in [0.1, 0.15) is 18.7 Å². The number of carbonyl (C=O) groups excluding carboxylic acids is 1. The minimum absolute atomic E-state index is 0.0886. The molecule has 0 spiro atoms. The Morgan fingerprint density at radius 2 is 2.33 bits per heavy atom. The quantitative estimate of drug-likeness (QED) is 0.831. The van der Waals surface area contributed by atoms with Crippen LogP contribution in [0.4, 0.5) is 0 Å². The number of rotatable bonds is 4. The van der Waals surface area contributed by atoms with Gasteiger partial charge in [-0.3, -0.25) is 9.48 Å². The number of aliphatic carboxylic acids is 1. The summed E-state index contributed by atoms with van der Waals surface area (Å²) in [5.74, 6) is -0.651. The number of aryl methyl sites for hydroxylation is 1. The summed E-state index contributed by atoms with van der Waals surface area (Å²) in [4.78, 5) is 28.3. The number of amides is 1. The van der Waals surface area contributed by atoms with Crippen LogP contribution < -0.4 is 0 Å². The van der Waals surface area contributed by atoms with E-state index in [0.29, 0.717) is 12.3 Å². The van der Waals surface area contributed by atoms with Gasteiger partial charge in [0.25, 0.3) is 0 Å². The topological polar surface area (TPSA) is 88.3 Å². The highest BCUT2D eigenvalue weighted by Crippen LogP contribution is 2.29. The second kappa shape index (κ2) is 5.38. The Morgan fingerprint density at radius 3 is 2.94 bits per heavy atom. The van der Waals surface area contributed by atoms with Crippen LogP contribution in [-0.4, -0.2) is 53.8 Å². The number of thioether (sulfide) groups is 1. The maximum absolute atomic E-state index is 12.1. The van der Waals surface area contributed by atoms with Gasteiger partial charge in [-0.1, -0.05) is 0 Å². The fourth-order valence-corrected chi connectivity index (χ4v) is 3.09. The van der Waals surface area contributed by atoms with Crippen molar-refractivity contribution in [3.05, 3.63) is 12.7 Å². The third-order valence-electron chi connectivity index (χ3n) is 2.82. The predicted molar refractivity (Wildman–Crippen MR) is 64.8 cm³/mol. The maximum Gasteiger partial charge on any atom is 0.327 e. The fraction of sp³-hybridized carbons (Fsp3) is 0.600. The standard InChI is InChI=1S/C10H14N4O3S/c1-7-14(8(4-18-7)10(16)17)9(15)2-3-13-6-11-5-12-13/h5-8H,2-4H2,1H3,(H,16,17). The van der Waals surface area contributed by atoms with Gasteiger partial charge in [-0.15, -0.1) is 11.8 Å². The van der Waals surface area contributed by atoms with Crippen molar-refractivity contribution < 1.29 is 14.7 Å². The average molecular weight is 270 g/mol. The molecule has 98 valence electrons. The summed E-state index contributed by atoms with van der Waals surface area (Å²) in [5, 5.41) is 12.9. The molecule has 18 heavy (non-hydrogen) atoms. The van der Waals surface area contributed by atoms with Crippen LogP contribution in [0.2, 0.25) is 0 Å². The van der Waals surface area contributed by atoms with Crippen molar-refractivity contribution in [2.45, 2.75) is 31.3 Å². The molecule has 2 unspecified atom stereocenters. The van der Waals surface area contributed by atoms with Crippen LogP contribution in [0.1, 0.15) is 13.3 Å². The van der Waals surface area contributed by atoms with E-state index in [1.165, 1.54) is 29.3 Å². The van der Waals surface area contributed by atoms with Gasteiger partial charge >= 0.3 is 5.97 Å². The SMILES string of the molecule is CC1SCC(C(=O)O)N1C(=O)CCn1cncn1. The first kappa shape index (κ1) is 12.9. The largest absolute Gasteiger partial charge is 0.480 e. The van der Waals surface area contributed by atoms with E-state index in [1.54, 1.807) is 4.68 Å². The molecule has 1 amide bonds. The highest BCUT2D eigenvalue weighted by molar-refractivity contribution is 8.00. The van der Waals surface area contributed by atoms with Crippen molar-refractivity contribution in [2.24, 2.45) is 0 Å². The van der Waals surface area contributed by atoms with Gasteiger partial charge in [0.15, 0.2) is 0 Å². The summed E-state index contributed by atoms with van der Waals surface area (Å²) in [7, 11) is 0. The molecule has 0 aliphatic carbocycles. The molecule has 1 saturated heterocycles. The summed E-state index contributed by atoms with van der Waals surface area (Å²) in [5.41, 5.74) is 0. The van der Waals surface area contributed by atoms with Crippen LogP contribution in [0.5, 0.6) is 0 Å². The Kier molecular flexibility index (Phi) is 3.85. The first-order chi connectivity index (χ1) is 8.59. The molecular formula is C10H14N4O3S. The number of carbonyl (C=O) groups is 2. The number of carboxylic acid groups (broad SMARTS) is 1. The average Bonchev–Trinajstić information content (AvgIpc) is 2.94. The molecule has 2 rings (SSSR count). The molecule has 1 aromatic heterocycles. The number of aromatic nitrogens is 3. The molecule has 0 saturated carbocycles. The zero-order valence-electron chi connectivity index (χ0n) is 9.89. The number of hydrogen-bond acceptors (Lipinski definition) is 5. The molecule has 7 nitrogen and oxygen atoms in total. The minimum atomic E-state index is -0.944. The van der Waals surface area contributed by atoms with Gasteiger partial charge in [0.2, 0.25) is 5.91 Å². The highest BCUT2D eigenvalue weighted by atomic mass is 32.2. The lowest BCUT2D eigenvalue weighted by Crippen LogP contribution is -2.45. The molecule has 2 heterocycles. The van der Waals surface area contributed by atoms with Crippen LogP contribution in [0.25, 0.3) is 0 Å². The number of carboxylic acids is 1. The van der Waals surface area contributed by atoms with E-state index in [4.69, 9.17) is 5.11 Å². The lowest BCUT2D eigenvalue weighted by atomic mass is 10.2. The normalized spacial score (nSPS) is 23.3. The molecular weight excluding hydrogens is 256 g/mol. The van der Waals surface area contributed by atoms with Crippen molar-refractivity contribution >= 4 is 23.6 Å². The van der Waals surface area contributed by atoms with Crippen LogP contribution in [-0.2, 0) is 16.1 Å². The van der Waals surface area contributed by atoms with Crippen molar-refractivity contribution in [3.8, 4) is 0 Å². The molecule has 0 aromatic carbocycles. The van der Waals surface area contributed by atoms with Gasteiger partial charge in [-0.25, -0.2) is 9.78 Å². The van der Waals surface area contributed by atoms with Crippen molar-refractivity contribution in [1.29, 1.82) is 0 Å². The lowest BCUT2D eigenvalue weighted by Gasteiger charge is -2.24. The van der Waals surface area contributed by atoms with E-state index in [-0.39, 0.29) is 17.7 Å². The van der Waals surface area contributed by atoms with E-state index in [2.05, 4.69) is 10.1 Å². The Bertz CT molecular complexity index is 436. The zero-order valence-corrected chi connectivity index (χ0v) is 10.7. The Hall–Kier alpha value is -1.57. The Balaban J connectivity index is 1.96. The van der Waals surface area contributed by atoms with Crippen LogP contribution >= 0.6 is 11.8 Å².